The molecule has 2 N–H and O–H groups in total. The fraction of sp³-hybridized carbons (Fsp3) is 0.812. The molecule has 0 aromatic rings. The number of fused-ring (bicyclic) bond motifs is 4. The lowest BCUT2D eigenvalue weighted by Crippen LogP contribution is -2.56. The molecule has 0 bridgehead atoms. The quantitative estimate of drug-likeness (QED) is 0.280. The molecule has 4 aliphatic carbocycles. The molecule has 0 saturated heterocycles. The Kier molecular flexibility index (Phi) is 7.32. The summed E-state index contributed by atoms with van der Waals surface area (Å²) in [5.74, 6) is -0.752. The van der Waals surface area contributed by atoms with Crippen molar-refractivity contribution < 1.29 is 24.5 Å². The maximum absolute atomic E-state index is 12.5. The molecule has 0 aromatic heterocycles. The molecule has 5 heteroatoms. The van der Waals surface area contributed by atoms with Crippen LogP contribution in [-0.2, 0) is 14.3 Å². The number of ether oxygens (including phenoxy) is 1. The van der Waals surface area contributed by atoms with Gasteiger partial charge in [0.05, 0.1) is 12.0 Å². The van der Waals surface area contributed by atoms with Crippen LogP contribution in [0, 0.1) is 39.4 Å². The molecule has 2 saturated carbocycles. The number of esters is 1. The van der Waals surface area contributed by atoms with E-state index >= 15 is 0 Å². The normalized spacial score (nSPS) is 40.2. The summed E-state index contributed by atoms with van der Waals surface area (Å²) in [5, 5.41) is 20.6. The number of allylic oxidation sites excluding steroid dienone is 2. The molecule has 0 amide bonds. The van der Waals surface area contributed by atoms with E-state index in [0.29, 0.717) is 24.3 Å². The van der Waals surface area contributed by atoms with Crippen molar-refractivity contribution in [3.63, 3.8) is 0 Å². The summed E-state index contributed by atoms with van der Waals surface area (Å²) in [6, 6.07) is 0. The average Bonchev–Trinajstić information content (AvgIpc) is 3.07. The van der Waals surface area contributed by atoms with Crippen LogP contribution < -0.4 is 0 Å². The summed E-state index contributed by atoms with van der Waals surface area (Å²) in [6.07, 6.45) is 8.45. The van der Waals surface area contributed by atoms with E-state index in [-0.39, 0.29) is 39.7 Å². The van der Waals surface area contributed by atoms with Gasteiger partial charge in [0, 0.05) is 12.3 Å². The first kappa shape index (κ1) is 28.4. The van der Waals surface area contributed by atoms with Crippen molar-refractivity contribution in [3.05, 3.63) is 23.3 Å². The summed E-state index contributed by atoms with van der Waals surface area (Å²) in [6.45, 7) is 19.0. The third kappa shape index (κ3) is 4.32. The molecule has 37 heavy (non-hydrogen) atoms. The van der Waals surface area contributed by atoms with E-state index < -0.39 is 18.0 Å². The van der Waals surface area contributed by atoms with Crippen LogP contribution in [0.15, 0.2) is 23.3 Å². The highest BCUT2D eigenvalue weighted by Gasteiger charge is 2.64. The molecule has 0 aliphatic heterocycles. The van der Waals surface area contributed by atoms with Crippen molar-refractivity contribution in [2.75, 3.05) is 0 Å². The SMILES string of the molecule is C=C(C)[C@@H](O)CC[C@@H](C(=O)O)[C@H]1CC[C@@]2(C)C3=C(CC[C@]12C)[C@@]1(C)CC[C@@H](OC(C)=O)C(C)(C)[C@@H]1CC3. The lowest BCUT2D eigenvalue weighted by molar-refractivity contribution is -0.167. The van der Waals surface area contributed by atoms with Gasteiger partial charge in [0.2, 0.25) is 0 Å². The standard InChI is InChI=1S/C32H50O5/c1-19(2)25(34)11-9-21(28(35)36)22-13-17-32(8)24-10-12-26-29(4,5)27(37-20(3)33)15-16-30(26,6)23(24)14-18-31(22,32)7/h21-22,25-27,34H,1,9-18H2,2-8H3,(H,35,36)/t21-,22-,25+,26+,27-,30-,31-,32+/m1/s1. The third-order valence-corrected chi connectivity index (χ3v) is 12.2. The average molecular weight is 515 g/mol. The molecule has 4 rings (SSSR count). The minimum absolute atomic E-state index is 0.0107. The van der Waals surface area contributed by atoms with Crippen LogP contribution in [0.4, 0.5) is 0 Å². The van der Waals surface area contributed by atoms with Crippen molar-refractivity contribution >= 4 is 11.9 Å². The lowest BCUT2D eigenvalue weighted by Gasteiger charge is -2.62. The largest absolute Gasteiger partial charge is 0.481 e. The Morgan fingerprint density at radius 1 is 0.973 bits per heavy atom. The number of carboxylic acid groups (broad SMARTS) is 1. The van der Waals surface area contributed by atoms with E-state index in [9.17, 15) is 19.8 Å². The van der Waals surface area contributed by atoms with Gasteiger partial charge in [0.15, 0.2) is 0 Å². The minimum atomic E-state index is -0.717. The second-order valence-electron chi connectivity index (χ2n) is 14.2. The van der Waals surface area contributed by atoms with Crippen LogP contribution in [0.25, 0.3) is 0 Å². The van der Waals surface area contributed by atoms with Gasteiger partial charge in [-0.05, 0) is 99.2 Å². The van der Waals surface area contributed by atoms with Gasteiger partial charge in [-0.15, -0.1) is 0 Å². The Morgan fingerprint density at radius 3 is 2.24 bits per heavy atom. The second-order valence-corrected chi connectivity index (χ2v) is 14.2. The fourth-order valence-corrected chi connectivity index (χ4v) is 9.84. The zero-order valence-electron chi connectivity index (χ0n) is 24.3. The van der Waals surface area contributed by atoms with Crippen molar-refractivity contribution in [3.8, 4) is 0 Å². The molecular formula is C32H50O5. The number of aliphatic hydroxyl groups excluding tert-OH is 1. The third-order valence-electron chi connectivity index (χ3n) is 12.2. The van der Waals surface area contributed by atoms with E-state index in [1.54, 1.807) is 18.1 Å². The zero-order chi connectivity index (χ0) is 27.6. The van der Waals surface area contributed by atoms with Crippen molar-refractivity contribution in [2.45, 2.75) is 125 Å². The molecule has 0 unspecified atom stereocenters. The molecule has 0 spiro atoms. The van der Waals surface area contributed by atoms with Crippen LogP contribution in [0.1, 0.15) is 113 Å². The first-order chi connectivity index (χ1) is 17.1. The number of rotatable bonds is 7. The number of aliphatic carboxylic acids is 1. The lowest BCUT2D eigenvalue weighted by atomic mass is 9.43. The van der Waals surface area contributed by atoms with Gasteiger partial charge >= 0.3 is 11.9 Å². The summed E-state index contributed by atoms with van der Waals surface area (Å²) in [7, 11) is 0. The van der Waals surface area contributed by atoms with Gasteiger partial charge in [-0.3, -0.25) is 9.59 Å². The molecule has 0 heterocycles. The highest BCUT2D eigenvalue weighted by molar-refractivity contribution is 5.70. The van der Waals surface area contributed by atoms with Gasteiger partial charge in [-0.1, -0.05) is 57.9 Å². The molecule has 4 aliphatic rings. The van der Waals surface area contributed by atoms with Gasteiger partial charge in [-0.25, -0.2) is 0 Å². The summed E-state index contributed by atoms with van der Waals surface area (Å²) < 4.78 is 5.83. The summed E-state index contributed by atoms with van der Waals surface area (Å²) in [4.78, 5) is 24.4. The highest BCUT2D eigenvalue weighted by atomic mass is 16.5. The molecule has 0 aromatic carbocycles. The molecule has 2 fully saturated rings. The van der Waals surface area contributed by atoms with Crippen LogP contribution in [-0.4, -0.2) is 34.4 Å². The van der Waals surface area contributed by atoms with Gasteiger partial charge in [-0.2, -0.15) is 0 Å². The minimum Gasteiger partial charge on any atom is -0.481 e. The van der Waals surface area contributed by atoms with Crippen LogP contribution in [0.5, 0.6) is 0 Å². The van der Waals surface area contributed by atoms with Crippen LogP contribution >= 0.6 is 0 Å². The second kappa shape index (κ2) is 9.54. The Hall–Kier alpha value is -1.62. The molecular weight excluding hydrogens is 464 g/mol. The van der Waals surface area contributed by atoms with Crippen molar-refractivity contribution in [2.24, 2.45) is 39.4 Å². The molecule has 8 atom stereocenters. The van der Waals surface area contributed by atoms with Gasteiger partial charge < -0.3 is 14.9 Å². The number of carboxylic acids is 1. The summed E-state index contributed by atoms with van der Waals surface area (Å²) >= 11 is 0. The Labute approximate surface area is 224 Å². The topological polar surface area (TPSA) is 83.8 Å². The monoisotopic (exact) mass is 514 g/mol. The van der Waals surface area contributed by atoms with Gasteiger partial charge in [0.1, 0.15) is 6.10 Å². The Morgan fingerprint density at radius 2 is 1.65 bits per heavy atom. The number of hydrogen-bond acceptors (Lipinski definition) is 4. The molecule has 5 nitrogen and oxygen atoms in total. The van der Waals surface area contributed by atoms with Crippen molar-refractivity contribution in [1.29, 1.82) is 0 Å². The number of carbonyl (C=O) groups excluding carboxylic acids is 1. The number of aliphatic hydroxyl groups is 1. The highest BCUT2D eigenvalue weighted by Crippen LogP contribution is 2.72. The van der Waals surface area contributed by atoms with Gasteiger partial charge in [0.25, 0.3) is 0 Å². The smallest absolute Gasteiger partial charge is 0.306 e. The Balaban J connectivity index is 1.65. The first-order valence-electron chi connectivity index (χ1n) is 14.6. The maximum Gasteiger partial charge on any atom is 0.306 e. The van der Waals surface area contributed by atoms with E-state index in [0.717, 1.165) is 51.4 Å². The van der Waals surface area contributed by atoms with E-state index in [4.69, 9.17) is 4.74 Å². The van der Waals surface area contributed by atoms with Crippen LogP contribution in [0.2, 0.25) is 0 Å². The maximum atomic E-state index is 12.5. The van der Waals surface area contributed by atoms with Crippen LogP contribution in [0.3, 0.4) is 0 Å². The predicted octanol–water partition coefficient (Wildman–Crippen LogP) is 7.09. The molecule has 208 valence electrons. The van der Waals surface area contributed by atoms with E-state index in [1.807, 2.05) is 0 Å². The first-order valence-corrected chi connectivity index (χ1v) is 14.6. The van der Waals surface area contributed by atoms with E-state index in [1.165, 1.54) is 6.92 Å². The summed E-state index contributed by atoms with van der Waals surface area (Å²) in [5.41, 5.74) is 3.95. The van der Waals surface area contributed by atoms with E-state index in [2.05, 4.69) is 41.2 Å². The van der Waals surface area contributed by atoms with Crippen molar-refractivity contribution in [1.82, 2.24) is 0 Å². The number of carbonyl (C=O) groups is 2. The number of hydrogen-bond donors (Lipinski definition) is 2. The predicted molar refractivity (Wildman–Crippen MR) is 146 cm³/mol. The zero-order valence-corrected chi connectivity index (χ0v) is 24.3. The Bertz CT molecular complexity index is 993. The fourth-order valence-electron chi connectivity index (χ4n) is 9.84. The molecule has 0 radical (unpaired) electrons.